The predicted octanol–water partition coefficient (Wildman–Crippen LogP) is 1.99. The molecule has 8 heteroatoms. The number of rotatable bonds is 3. The van der Waals surface area contributed by atoms with Gasteiger partial charge in [-0.15, -0.1) is 0 Å². The van der Waals surface area contributed by atoms with E-state index in [0.717, 1.165) is 5.69 Å². The Morgan fingerprint density at radius 3 is 2.21 bits per heavy atom. The molecular weight excluding hydrogens is 360 g/mol. The lowest BCUT2D eigenvalue weighted by atomic mass is 10.0. The van der Waals surface area contributed by atoms with Gasteiger partial charge < -0.3 is 5.11 Å². The number of hydrogen-bond acceptors (Lipinski definition) is 5. The third-order valence-electron chi connectivity index (χ3n) is 4.17. The maximum absolute atomic E-state index is 12.1. The molecule has 2 heterocycles. The highest BCUT2D eigenvalue weighted by atomic mass is 16.3. The number of urea groups is 1. The van der Waals surface area contributed by atoms with E-state index in [2.05, 4.69) is 5.10 Å². The van der Waals surface area contributed by atoms with Gasteiger partial charge in [0.15, 0.2) is 0 Å². The number of nitrogens with zero attached hydrogens (tertiary/aromatic N) is 2. The Morgan fingerprint density at radius 1 is 0.893 bits per heavy atom. The Balaban J connectivity index is 1.88. The van der Waals surface area contributed by atoms with Gasteiger partial charge in [0.1, 0.15) is 17.0 Å². The second-order valence-corrected chi connectivity index (χ2v) is 6.03. The maximum Gasteiger partial charge on any atom is 0.328 e. The molecule has 4 rings (SSSR count). The summed E-state index contributed by atoms with van der Waals surface area (Å²) in [5.74, 6) is -1.60. The molecule has 1 aliphatic heterocycles. The highest BCUT2D eigenvalue weighted by molar-refractivity contribution is 6.31. The minimum atomic E-state index is -0.868. The SMILES string of the molecule is O=C1NC(=O)C(=Cc2cn(-c3ccccc3)nc2-c2ccccc2O)C(=O)N1. The fourth-order valence-corrected chi connectivity index (χ4v) is 2.85. The number of phenolic OH excluding ortho intramolecular Hbond substituents is 1. The van der Waals surface area contributed by atoms with Gasteiger partial charge in [-0.1, -0.05) is 30.3 Å². The van der Waals surface area contributed by atoms with Crippen LogP contribution in [0.3, 0.4) is 0 Å². The molecule has 3 N–H and O–H groups in total. The molecule has 0 saturated carbocycles. The van der Waals surface area contributed by atoms with Crippen molar-refractivity contribution in [3.63, 3.8) is 0 Å². The third kappa shape index (κ3) is 3.14. The topological polar surface area (TPSA) is 113 Å². The van der Waals surface area contributed by atoms with Gasteiger partial charge in [0.05, 0.1) is 5.69 Å². The first kappa shape index (κ1) is 17.2. The van der Waals surface area contributed by atoms with E-state index in [1.54, 1.807) is 29.1 Å². The lowest BCUT2D eigenvalue weighted by molar-refractivity contribution is -0.123. The summed E-state index contributed by atoms with van der Waals surface area (Å²) >= 11 is 0. The second kappa shape index (κ2) is 6.84. The summed E-state index contributed by atoms with van der Waals surface area (Å²) in [7, 11) is 0. The Kier molecular flexibility index (Phi) is 4.21. The lowest BCUT2D eigenvalue weighted by Crippen LogP contribution is -2.51. The van der Waals surface area contributed by atoms with Crippen molar-refractivity contribution in [2.45, 2.75) is 0 Å². The third-order valence-corrected chi connectivity index (χ3v) is 4.17. The molecule has 0 aliphatic carbocycles. The van der Waals surface area contributed by atoms with Crippen molar-refractivity contribution in [3.05, 3.63) is 71.9 Å². The van der Waals surface area contributed by atoms with E-state index in [0.29, 0.717) is 16.8 Å². The van der Waals surface area contributed by atoms with Crippen molar-refractivity contribution in [1.29, 1.82) is 0 Å². The van der Waals surface area contributed by atoms with E-state index < -0.39 is 17.8 Å². The normalized spacial score (nSPS) is 13.9. The number of hydrogen-bond donors (Lipinski definition) is 3. The van der Waals surface area contributed by atoms with Crippen LogP contribution in [0.25, 0.3) is 23.0 Å². The van der Waals surface area contributed by atoms with Crippen molar-refractivity contribution in [2.75, 3.05) is 0 Å². The molecule has 2 aromatic carbocycles. The zero-order chi connectivity index (χ0) is 19.7. The number of barbiturate groups is 1. The Labute approximate surface area is 159 Å². The standard InChI is InChI=1S/C20H14N4O4/c25-16-9-5-4-8-14(16)17-12(10-15-18(26)21-20(28)22-19(15)27)11-24(23-17)13-6-2-1-3-7-13/h1-11,25H,(H2,21,22,26,27,28). The predicted molar refractivity (Wildman–Crippen MR) is 100 cm³/mol. The van der Waals surface area contributed by atoms with Crippen molar-refractivity contribution in [2.24, 2.45) is 0 Å². The van der Waals surface area contributed by atoms with E-state index in [4.69, 9.17) is 0 Å². The number of amides is 4. The molecule has 28 heavy (non-hydrogen) atoms. The molecule has 3 aromatic rings. The van der Waals surface area contributed by atoms with Gasteiger partial charge in [0.25, 0.3) is 11.8 Å². The fourth-order valence-electron chi connectivity index (χ4n) is 2.85. The van der Waals surface area contributed by atoms with Crippen LogP contribution in [0.4, 0.5) is 4.79 Å². The first-order valence-electron chi connectivity index (χ1n) is 8.35. The average molecular weight is 374 g/mol. The summed E-state index contributed by atoms with van der Waals surface area (Å²) in [4.78, 5) is 35.4. The maximum atomic E-state index is 12.1. The summed E-state index contributed by atoms with van der Waals surface area (Å²) in [5.41, 5.74) is 1.78. The van der Waals surface area contributed by atoms with Crippen LogP contribution in [0.2, 0.25) is 0 Å². The Hall–Kier alpha value is -4.20. The smallest absolute Gasteiger partial charge is 0.328 e. The van der Waals surface area contributed by atoms with Gasteiger partial charge in [-0.3, -0.25) is 20.2 Å². The Morgan fingerprint density at radius 2 is 1.54 bits per heavy atom. The van der Waals surface area contributed by atoms with Crippen molar-refractivity contribution in [1.82, 2.24) is 20.4 Å². The van der Waals surface area contributed by atoms with Gasteiger partial charge in [-0.05, 0) is 30.3 Å². The average Bonchev–Trinajstić information content (AvgIpc) is 3.09. The minimum absolute atomic E-state index is 0.00758. The number of aromatic hydroxyl groups is 1. The number of benzene rings is 2. The molecule has 1 saturated heterocycles. The van der Waals surface area contributed by atoms with Gasteiger partial charge in [-0.2, -0.15) is 5.10 Å². The monoisotopic (exact) mass is 374 g/mol. The summed E-state index contributed by atoms with van der Waals surface area (Å²) in [6.07, 6.45) is 2.98. The van der Waals surface area contributed by atoms with E-state index >= 15 is 0 Å². The molecule has 0 unspecified atom stereocenters. The molecule has 138 valence electrons. The summed E-state index contributed by atoms with van der Waals surface area (Å²) in [6, 6.07) is 15.0. The lowest BCUT2D eigenvalue weighted by Gasteiger charge is -2.13. The molecular formula is C20H14N4O4. The van der Waals surface area contributed by atoms with Crippen molar-refractivity contribution >= 4 is 23.9 Å². The zero-order valence-corrected chi connectivity index (χ0v) is 14.4. The summed E-state index contributed by atoms with van der Waals surface area (Å²) < 4.78 is 1.58. The molecule has 8 nitrogen and oxygen atoms in total. The highest BCUT2D eigenvalue weighted by Crippen LogP contribution is 2.32. The van der Waals surface area contributed by atoms with Crippen LogP contribution in [0, 0.1) is 0 Å². The molecule has 1 fully saturated rings. The second-order valence-electron chi connectivity index (χ2n) is 6.03. The molecule has 0 atom stereocenters. The van der Waals surface area contributed by atoms with Crippen LogP contribution in [0.5, 0.6) is 5.75 Å². The van der Waals surface area contributed by atoms with Crippen LogP contribution in [-0.4, -0.2) is 32.7 Å². The fraction of sp³-hybridized carbons (Fsp3) is 0. The first-order valence-corrected chi connectivity index (χ1v) is 8.35. The highest BCUT2D eigenvalue weighted by Gasteiger charge is 2.28. The van der Waals surface area contributed by atoms with Crippen LogP contribution in [0.1, 0.15) is 5.56 Å². The number of phenols is 1. The molecule has 4 amide bonds. The summed E-state index contributed by atoms with van der Waals surface area (Å²) in [6.45, 7) is 0. The van der Waals surface area contributed by atoms with Gasteiger partial charge >= 0.3 is 6.03 Å². The zero-order valence-electron chi connectivity index (χ0n) is 14.4. The number of carbonyl (C=O) groups is 3. The molecule has 0 radical (unpaired) electrons. The van der Waals surface area contributed by atoms with Crippen molar-refractivity contribution < 1.29 is 19.5 Å². The number of imide groups is 2. The van der Waals surface area contributed by atoms with E-state index in [1.165, 1.54) is 12.1 Å². The number of nitrogens with one attached hydrogen (secondary N) is 2. The van der Waals surface area contributed by atoms with Crippen molar-refractivity contribution in [3.8, 4) is 22.7 Å². The van der Waals surface area contributed by atoms with Gasteiger partial charge in [0.2, 0.25) is 0 Å². The first-order chi connectivity index (χ1) is 13.5. The van der Waals surface area contributed by atoms with Crippen LogP contribution in [0.15, 0.2) is 66.4 Å². The molecule has 0 bridgehead atoms. The number of carbonyl (C=O) groups excluding carboxylic acids is 3. The van der Waals surface area contributed by atoms with Crippen LogP contribution < -0.4 is 10.6 Å². The largest absolute Gasteiger partial charge is 0.507 e. The molecule has 1 aliphatic rings. The Bertz CT molecular complexity index is 1110. The minimum Gasteiger partial charge on any atom is -0.507 e. The van der Waals surface area contributed by atoms with Crippen LogP contribution in [-0.2, 0) is 9.59 Å². The van der Waals surface area contributed by atoms with Crippen LogP contribution >= 0.6 is 0 Å². The van der Waals surface area contributed by atoms with E-state index in [9.17, 15) is 19.5 Å². The quantitative estimate of drug-likeness (QED) is 0.479. The van der Waals surface area contributed by atoms with E-state index in [-0.39, 0.29) is 11.3 Å². The van der Waals surface area contributed by atoms with Gasteiger partial charge in [0, 0.05) is 17.3 Å². The molecule has 1 aromatic heterocycles. The molecule has 0 spiro atoms. The van der Waals surface area contributed by atoms with Gasteiger partial charge in [-0.25, -0.2) is 9.48 Å². The van der Waals surface area contributed by atoms with E-state index in [1.807, 2.05) is 41.0 Å². The summed E-state index contributed by atoms with van der Waals surface area (Å²) in [5, 5.41) is 18.8. The number of aromatic nitrogens is 2. The number of para-hydroxylation sites is 2.